The zero-order chi connectivity index (χ0) is 19.2. The Bertz CT molecular complexity index is 752. The summed E-state index contributed by atoms with van der Waals surface area (Å²) in [5.41, 5.74) is 2.93. The number of carbonyl (C=O) groups excluding carboxylic acids is 2. The average Bonchev–Trinajstić information content (AvgIpc) is 3.08. The highest BCUT2D eigenvalue weighted by atomic mass is 16.2. The van der Waals surface area contributed by atoms with Gasteiger partial charge in [0.25, 0.3) is 5.91 Å². The van der Waals surface area contributed by atoms with Crippen LogP contribution in [0.3, 0.4) is 0 Å². The third-order valence-corrected chi connectivity index (χ3v) is 5.48. The molecule has 0 aliphatic carbocycles. The van der Waals surface area contributed by atoms with E-state index in [9.17, 15) is 9.59 Å². The van der Waals surface area contributed by atoms with E-state index in [0.717, 1.165) is 24.1 Å². The van der Waals surface area contributed by atoms with Crippen molar-refractivity contribution in [1.29, 1.82) is 0 Å². The number of carbonyl (C=O) groups is 2. The molecule has 144 valence electrons. The molecule has 2 amide bonds. The number of aromatic amines is 1. The predicted molar refractivity (Wildman–Crippen MR) is 107 cm³/mol. The first-order valence-corrected chi connectivity index (χ1v) is 9.87. The lowest BCUT2D eigenvalue weighted by atomic mass is 9.97. The molecule has 2 aromatic rings. The van der Waals surface area contributed by atoms with Gasteiger partial charge in [0.05, 0.1) is 6.42 Å². The van der Waals surface area contributed by atoms with Gasteiger partial charge in [-0.3, -0.25) is 9.59 Å². The van der Waals surface area contributed by atoms with Crippen LogP contribution in [0, 0.1) is 0 Å². The third-order valence-electron chi connectivity index (χ3n) is 5.48. The highest BCUT2D eigenvalue weighted by molar-refractivity contribution is 5.94. The van der Waals surface area contributed by atoms with E-state index in [1.807, 2.05) is 40.3 Å². The van der Waals surface area contributed by atoms with Gasteiger partial charge >= 0.3 is 0 Å². The largest absolute Gasteiger partial charge is 0.365 e. The summed E-state index contributed by atoms with van der Waals surface area (Å²) >= 11 is 0. The fraction of sp³-hybridized carbons (Fsp3) is 0.455. The second-order valence-electron chi connectivity index (χ2n) is 7.33. The molecule has 0 saturated carbocycles. The van der Waals surface area contributed by atoms with E-state index in [-0.39, 0.29) is 11.8 Å². The molecular weight excluding hydrogens is 338 g/mol. The molecule has 5 nitrogen and oxygen atoms in total. The predicted octanol–water partition coefficient (Wildman–Crippen LogP) is 3.45. The second kappa shape index (κ2) is 8.89. The van der Waals surface area contributed by atoms with Crippen molar-refractivity contribution < 1.29 is 9.59 Å². The number of amides is 2. The molecule has 1 saturated heterocycles. The first-order valence-electron chi connectivity index (χ1n) is 9.87. The fourth-order valence-corrected chi connectivity index (χ4v) is 3.49. The van der Waals surface area contributed by atoms with Crippen LogP contribution in [0.5, 0.6) is 0 Å². The summed E-state index contributed by atoms with van der Waals surface area (Å²) in [6.45, 7) is 6.95. The minimum atomic E-state index is 0.0596. The van der Waals surface area contributed by atoms with Gasteiger partial charge in [-0.15, -0.1) is 0 Å². The van der Waals surface area contributed by atoms with Crippen molar-refractivity contribution in [2.24, 2.45) is 0 Å². The van der Waals surface area contributed by atoms with Crippen molar-refractivity contribution in [3.8, 4) is 0 Å². The van der Waals surface area contributed by atoms with Crippen molar-refractivity contribution in [3.05, 3.63) is 59.4 Å². The van der Waals surface area contributed by atoms with Crippen LogP contribution < -0.4 is 0 Å². The van der Waals surface area contributed by atoms with Crippen molar-refractivity contribution in [2.75, 3.05) is 26.2 Å². The van der Waals surface area contributed by atoms with Crippen molar-refractivity contribution >= 4 is 11.8 Å². The summed E-state index contributed by atoms with van der Waals surface area (Å²) in [4.78, 5) is 32.2. The maximum Gasteiger partial charge on any atom is 0.253 e. The third kappa shape index (κ3) is 4.79. The maximum atomic E-state index is 12.9. The first kappa shape index (κ1) is 19.2. The van der Waals surface area contributed by atoms with Gasteiger partial charge in [-0.2, -0.15) is 0 Å². The number of nitrogens with one attached hydrogen (secondary N) is 1. The molecule has 0 spiro atoms. The van der Waals surface area contributed by atoms with Crippen LogP contribution in [0.15, 0.2) is 42.6 Å². The van der Waals surface area contributed by atoms with Gasteiger partial charge in [0.2, 0.25) is 5.91 Å². The van der Waals surface area contributed by atoms with Crippen LogP contribution in [-0.2, 0) is 11.2 Å². The van der Waals surface area contributed by atoms with Crippen LogP contribution in [-0.4, -0.2) is 52.8 Å². The van der Waals surface area contributed by atoms with E-state index in [4.69, 9.17) is 0 Å². The number of aromatic nitrogens is 1. The molecule has 1 fully saturated rings. The quantitative estimate of drug-likeness (QED) is 0.880. The molecule has 0 radical (unpaired) electrons. The molecule has 1 aliphatic rings. The molecule has 1 aromatic carbocycles. The lowest BCUT2D eigenvalue weighted by Gasteiger charge is -2.22. The smallest absolute Gasteiger partial charge is 0.253 e. The van der Waals surface area contributed by atoms with E-state index in [0.29, 0.717) is 38.5 Å². The lowest BCUT2D eigenvalue weighted by Crippen LogP contribution is -2.38. The van der Waals surface area contributed by atoms with Gasteiger partial charge < -0.3 is 14.8 Å². The van der Waals surface area contributed by atoms with Gasteiger partial charge in [0.1, 0.15) is 0 Å². The van der Waals surface area contributed by atoms with E-state index < -0.39 is 0 Å². The minimum Gasteiger partial charge on any atom is -0.365 e. The Morgan fingerprint density at radius 1 is 1.04 bits per heavy atom. The minimum absolute atomic E-state index is 0.0596. The summed E-state index contributed by atoms with van der Waals surface area (Å²) < 4.78 is 0. The Morgan fingerprint density at radius 2 is 1.74 bits per heavy atom. The zero-order valence-electron chi connectivity index (χ0n) is 16.3. The van der Waals surface area contributed by atoms with Gasteiger partial charge in [0.15, 0.2) is 0 Å². The highest BCUT2D eigenvalue weighted by Crippen LogP contribution is 2.19. The van der Waals surface area contributed by atoms with E-state index in [1.54, 1.807) is 0 Å². The molecule has 1 N–H and O–H groups in total. The number of hydrogen-bond acceptors (Lipinski definition) is 2. The van der Waals surface area contributed by atoms with Gasteiger partial charge in [-0.1, -0.05) is 26.0 Å². The fourth-order valence-electron chi connectivity index (χ4n) is 3.49. The van der Waals surface area contributed by atoms with E-state index in [1.165, 1.54) is 5.56 Å². The molecule has 1 aliphatic heterocycles. The summed E-state index contributed by atoms with van der Waals surface area (Å²) in [6.07, 6.45) is 4.12. The van der Waals surface area contributed by atoms with Crippen LogP contribution >= 0.6 is 0 Å². The number of rotatable bonds is 5. The molecule has 5 heteroatoms. The van der Waals surface area contributed by atoms with Gasteiger partial charge in [-0.05, 0) is 48.6 Å². The Morgan fingerprint density at radius 3 is 2.41 bits per heavy atom. The van der Waals surface area contributed by atoms with E-state index in [2.05, 4.69) is 31.0 Å². The van der Waals surface area contributed by atoms with Gasteiger partial charge in [-0.25, -0.2) is 0 Å². The highest BCUT2D eigenvalue weighted by Gasteiger charge is 2.23. The first-order chi connectivity index (χ1) is 13.1. The lowest BCUT2D eigenvalue weighted by molar-refractivity contribution is -0.130. The molecular formula is C22H29N3O2. The molecule has 1 unspecified atom stereocenters. The number of benzene rings is 1. The van der Waals surface area contributed by atoms with Crippen molar-refractivity contribution in [1.82, 2.24) is 14.8 Å². The van der Waals surface area contributed by atoms with E-state index >= 15 is 0 Å². The number of hydrogen-bond donors (Lipinski definition) is 1. The van der Waals surface area contributed by atoms with Crippen LogP contribution in [0.25, 0.3) is 0 Å². The summed E-state index contributed by atoms with van der Waals surface area (Å²) in [6, 6.07) is 11.8. The second-order valence-corrected chi connectivity index (χ2v) is 7.33. The molecule has 1 aromatic heterocycles. The molecule has 0 bridgehead atoms. The summed E-state index contributed by atoms with van der Waals surface area (Å²) in [5.74, 6) is 0.681. The molecule has 3 rings (SSSR count). The normalized spacial score (nSPS) is 16.1. The Hall–Kier alpha value is -2.56. The SMILES string of the molecule is CCC(C)c1ccc(C(=O)N2CCCN(C(=O)Cc3ccc[nH]3)CC2)cc1. The summed E-state index contributed by atoms with van der Waals surface area (Å²) in [5, 5.41) is 0. The summed E-state index contributed by atoms with van der Waals surface area (Å²) in [7, 11) is 0. The monoisotopic (exact) mass is 367 g/mol. The maximum absolute atomic E-state index is 12.9. The Kier molecular flexibility index (Phi) is 6.32. The Labute approximate surface area is 161 Å². The molecule has 27 heavy (non-hydrogen) atoms. The number of nitrogens with zero attached hydrogens (tertiary/aromatic N) is 2. The zero-order valence-corrected chi connectivity index (χ0v) is 16.3. The topological polar surface area (TPSA) is 56.4 Å². The van der Waals surface area contributed by atoms with Crippen LogP contribution in [0.2, 0.25) is 0 Å². The molecule has 2 heterocycles. The molecule has 1 atom stereocenters. The van der Waals surface area contributed by atoms with Crippen molar-refractivity contribution in [3.63, 3.8) is 0 Å². The Balaban J connectivity index is 1.58. The van der Waals surface area contributed by atoms with Crippen LogP contribution in [0.4, 0.5) is 0 Å². The average molecular weight is 367 g/mol. The van der Waals surface area contributed by atoms with Crippen LogP contribution in [0.1, 0.15) is 54.2 Å². The standard InChI is InChI=1S/C22H29N3O2/c1-3-17(2)18-7-9-19(10-8-18)22(27)25-13-5-12-24(14-15-25)21(26)16-20-6-4-11-23-20/h4,6-11,17,23H,3,5,12-16H2,1-2H3. The van der Waals surface area contributed by atoms with Crippen molar-refractivity contribution in [2.45, 2.75) is 39.0 Å². The van der Waals surface area contributed by atoms with Gasteiger partial charge in [0, 0.05) is 43.6 Å². The number of H-pyrrole nitrogens is 1.